The molecule has 0 saturated heterocycles. The van der Waals surface area contributed by atoms with Crippen molar-refractivity contribution in [1.29, 1.82) is 0 Å². The van der Waals surface area contributed by atoms with Gasteiger partial charge < -0.3 is 9.84 Å². The number of halogens is 2. The number of aromatic carboxylic acids is 1. The molecule has 1 N–H and O–H groups in total. The minimum absolute atomic E-state index is 0.0924. The Kier molecular flexibility index (Phi) is 6.61. The molecule has 4 aromatic rings. The first-order valence-electron chi connectivity index (χ1n) is 9.73. The number of fused-ring (bicyclic) bond motifs is 1. The molecular formula is C23H16Br2N2O6S. The van der Waals surface area contributed by atoms with Crippen LogP contribution >= 0.6 is 31.9 Å². The quantitative estimate of drug-likeness (QED) is 0.341. The largest absolute Gasteiger partial charge is 0.495 e. The van der Waals surface area contributed by atoms with Gasteiger partial charge in [-0.3, -0.25) is 9.36 Å². The van der Waals surface area contributed by atoms with Crippen molar-refractivity contribution >= 4 is 58.6 Å². The average molecular weight is 608 g/mol. The zero-order chi connectivity index (χ0) is 24.6. The molecule has 0 radical (unpaired) electrons. The summed E-state index contributed by atoms with van der Waals surface area (Å²) in [6, 6.07) is 15.3. The number of benzene rings is 3. The normalized spacial score (nSPS) is 11.5. The van der Waals surface area contributed by atoms with E-state index in [0.717, 1.165) is 0 Å². The highest BCUT2D eigenvalue weighted by Gasteiger charge is 2.27. The van der Waals surface area contributed by atoms with Gasteiger partial charge in [0, 0.05) is 8.95 Å². The number of ether oxygens (including phenoxy) is 1. The Hall–Kier alpha value is -3.02. The molecule has 0 saturated carbocycles. The van der Waals surface area contributed by atoms with Crippen LogP contribution in [0.3, 0.4) is 0 Å². The van der Waals surface area contributed by atoms with Crippen molar-refractivity contribution in [2.45, 2.75) is 10.6 Å². The maximum absolute atomic E-state index is 13.7. The van der Waals surface area contributed by atoms with Crippen LogP contribution in [0.15, 0.2) is 79.3 Å². The van der Waals surface area contributed by atoms with Crippen molar-refractivity contribution in [3.63, 3.8) is 0 Å². The molecule has 0 fully saturated rings. The van der Waals surface area contributed by atoms with Crippen LogP contribution in [-0.2, 0) is 15.6 Å². The molecule has 174 valence electrons. The van der Waals surface area contributed by atoms with Gasteiger partial charge in [0.1, 0.15) is 17.3 Å². The van der Waals surface area contributed by atoms with Crippen molar-refractivity contribution in [3.8, 4) is 11.4 Å². The molecule has 4 rings (SSSR count). The molecule has 1 heterocycles. The Morgan fingerprint density at radius 1 is 1.09 bits per heavy atom. The van der Waals surface area contributed by atoms with E-state index < -0.39 is 27.1 Å². The third-order valence-corrected chi connectivity index (χ3v) is 7.79. The second-order valence-corrected chi connectivity index (χ2v) is 10.9. The summed E-state index contributed by atoms with van der Waals surface area (Å²) in [5, 5.41) is 9.73. The lowest BCUT2D eigenvalue weighted by Crippen LogP contribution is -2.26. The van der Waals surface area contributed by atoms with Gasteiger partial charge in [-0.25, -0.2) is 18.2 Å². The summed E-state index contributed by atoms with van der Waals surface area (Å²) in [5.41, 5.74) is -0.291. The molecule has 0 unspecified atom stereocenters. The third-order valence-electron chi connectivity index (χ3n) is 5.06. The van der Waals surface area contributed by atoms with Gasteiger partial charge in [0.25, 0.3) is 5.56 Å². The maximum atomic E-state index is 13.7. The predicted octanol–water partition coefficient (Wildman–Crippen LogP) is 4.59. The van der Waals surface area contributed by atoms with E-state index in [0.29, 0.717) is 20.4 Å². The summed E-state index contributed by atoms with van der Waals surface area (Å²) >= 11 is 6.75. The van der Waals surface area contributed by atoms with Crippen molar-refractivity contribution in [2.24, 2.45) is 0 Å². The van der Waals surface area contributed by atoms with E-state index in [9.17, 15) is 23.1 Å². The van der Waals surface area contributed by atoms with Crippen molar-refractivity contribution < 1.29 is 23.1 Å². The number of rotatable bonds is 6. The number of carbonyl (C=O) groups is 1. The Morgan fingerprint density at radius 2 is 1.76 bits per heavy atom. The van der Waals surface area contributed by atoms with E-state index in [4.69, 9.17) is 4.74 Å². The number of carboxylic acid groups (broad SMARTS) is 1. The Morgan fingerprint density at radius 3 is 2.47 bits per heavy atom. The van der Waals surface area contributed by atoms with Crippen molar-refractivity contribution in [1.82, 2.24) is 9.55 Å². The number of methoxy groups -OCH3 is 1. The number of nitrogens with zero attached hydrogens (tertiary/aromatic N) is 2. The first-order chi connectivity index (χ1) is 16.1. The Balaban J connectivity index is 2.04. The zero-order valence-electron chi connectivity index (χ0n) is 17.5. The van der Waals surface area contributed by atoms with E-state index >= 15 is 0 Å². The molecule has 0 aliphatic rings. The molecule has 11 heteroatoms. The number of carboxylic acids is 1. The minimum atomic E-state index is -4.21. The monoisotopic (exact) mass is 606 g/mol. The fraction of sp³-hybridized carbons (Fsp3) is 0.0870. The summed E-state index contributed by atoms with van der Waals surface area (Å²) in [6.07, 6.45) is 0. The Bertz CT molecular complexity index is 1620. The number of aromatic nitrogens is 2. The number of sulfone groups is 1. The molecule has 0 aliphatic heterocycles. The first kappa shape index (κ1) is 24.1. The molecule has 1 aromatic heterocycles. The van der Waals surface area contributed by atoms with Gasteiger partial charge in [0.15, 0.2) is 9.84 Å². The second-order valence-electron chi connectivity index (χ2n) is 7.18. The van der Waals surface area contributed by atoms with Crippen molar-refractivity contribution in [3.05, 3.63) is 91.4 Å². The number of hydrogen-bond donors (Lipinski definition) is 1. The van der Waals surface area contributed by atoms with Gasteiger partial charge in [0.05, 0.1) is 34.2 Å². The molecular weight excluding hydrogens is 592 g/mol. The van der Waals surface area contributed by atoms with Crippen molar-refractivity contribution in [2.75, 3.05) is 7.11 Å². The molecule has 0 bridgehead atoms. The van der Waals surface area contributed by atoms with Crippen LogP contribution in [0.1, 0.15) is 16.2 Å². The van der Waals surface area contributed by atoms with Gasteiger partial charge >= 0.3 is 5.97 Å². The number of hydrogen-bond acceptors (Lipinski definition) is 6. The summed E-state index contributed by atoms with van der Waals surface area (Å²) in [4.78, 5) is 29.5. The van der Waals surface area contributed by atoms with E-state index in [2.05, 4.69) is 36.8 Å². The van der Waals surface area contributed by atoms with E-state index in [1.165, 1.54) is 35.9 Å². The van der Waals surface area contributed by atoms with Crippen LogP contribution in [0, 0.1) is 0 Å². The van der Waals surface area contributed by atoms with Gasteiger partial charge in [-0.2, -0.15) is 0 Å². The van der Waals surface area contributed by atoms with Crippen LogP contribution in [0.4, 0.5) is 0 Å². The second kappa shape index (κ2) is 9.32. The predicted molar refractivity (Wildman–Crippen MR) is 134 cm³/mol. The summed E-state index contributed by atoms with van der Waals surface area (Å²) in [7, 11) is -2.78. The number of para-hydroxylation sites is 2. The summed E-state index contributed by atoms with van der Waals surface area (Å²) < 4.78 is 34.5. The molecule has 0 atom stereocenters. The molecule has 3 aromatic carbocycles. The molecule has 0 aliphatic carbocycles. The smallest absolute Gasteiger partial charge is 0.337 e. The summed E-state index contributed by atoms with van der Waals surface area (Å²) in [6.45, 7) is 0. The third kappa shape index (κ3) is 4.38. The molecule has 8 nitrogen and oxygen atoms in total. The Labute approximate surface area is 211 Å². The topological polar surface area (TPSA) is 116 Å². The summed E-state index contributed by atoms with van der Waals surface area (Å²) in [5.74, 6) is -1.85. The highest BCUT2D eigenvalue weighted by molar-refractivity contribution is 9.11. The van der Waals surface area contributed by atoms with Gasteiger partial charge in [-0.05, 0) is 52.3 Å². The van der Waals surface area contributed by atoms with Gasteiger partial charge in [-0.15, -0.1) is 0 Å². The highest BCUT2D eigenvalue weighted by Crippen LogP contribution is 2.29. The fourth-order valence-electron chi connectivity index (χ4n) is 3.58. The van der Waals surface area contributed by atoms with Crippen LogP contribution in [0.5, 0.6) is 5.75 Å². The van der Waals surface area contributed by atoms with Crippen LogP contribution in [-0.4, -0.2) is 36.2 Å². The molecule has 34 heavy (non-hydrogen) atoms. The van der Waals surface area contributed by atoms with E-state index in [-0.39, 0.29) is 27.2 Å². The molecule has 0 amide bonds. The molecule has 0 spiro atoms. The van der Waals surface area contributed by atoms with E-state index in [1.54, 1.807) is 36.4 Å². The first-order valence-corrected chi connectivity index (χ1v) is 13.0. The van der Waals surface area contributed by atoms with Gasteiger partial charge in [0.2, 0.25) is 0 Å². The lowest BCUT2D eigenvalue weighted by Gasteiger charge is -2.17. The maximum Gasteiger partial charge on any atom is 0.337 e. The van der Waals surface area contributed by atoms with Crippen LogP contribution < -0.4 is 10.3 Å². The minimum Gasteiger partial charge on any atom is -0.495 e. The lowest BCUT2D eigenvalue weighted by atomic mass is 10.2. The zero-order valence-corrected chi connectivity index (χ0v) is 21.5. The lowest BCUT2D eigenvalue weighted by molar-refractivity contribution is 0.0692. The SMILES string of the molecule is COc1ccccc1-n1c(CS(=O)(=O)c2ccccc2C(=O)O)nc2c(Br)cc(Br)cc2c1=O. The van der Waals surface area contributed by atoms with Crippen LogP contribution in [0.25, 0.3) is 16.6 Å². The highest BCUT2D eigenvalue weighted by atomic mass is 79.9. The van der Waals surface area contributed by atoms with E-state index in [1.807, 2.05) is 0 Å². The standard InChI is InChI=1S/C23H16Br2N2O6S/c1-33-18-8-4-3-7-17(18)27-20(26-21-15(22(27)28)10-13(24)11-16(21)25)12-34(31,32)19-9-5-2-6-14(19)23(29)30/h2-11H,12H2,1H3,(H,29,30). The van der Waals surface area contributed by atoms with Gasteiger partial charge in [-0.1, -0.05) is 40.2 Å². The van der Waals surface area contributed by atoms with Crippen LogP contribution in [0.2, 0.25) is 0 Å². The average Bonchev–Trinajstić information content (AvgIpc) is 2.80. The fourth-order valence-corrected chi connectivity index (χ4v) is 6.36.